The highest BCUT2D eigenvalue weighted by Gasteiger charge is 2.26. The number of hydrogen-bond acceptors (Lipinski definition) is 3. The first-order valence-corrected chi connectivity index (χ1v) is 9.98. The van der Waals surface area contributed by atoms with Crippen molar-refractivity contribution in [3.05, 3.63) is 64.9 Å². The number of hydrogen-bond donors (Lipinski definition) is 1. The maximum absolute atomic E-state index is 13.2. The van der Waals surface area contributed by atoms with Crippen molar-refractivity contribution in [2.24, 2.45) is 0 Å². The third kappa shape index (κ3) is 7.38. The Labute approximate surface area is 175 Å². The number of halogens is 2. The minimum absolute atomic E-state index is 0.167. The van der Waals surface area contributed by atoms with Gasteiger partial charge in [0.15, 0.2) is 6.61 Å². The van der Waals surface area contributed by atoms with Gasteiger partial charge in [0.1, 0.15) is 17.6 Å². The first-order chi connectivity index (χ1) is 13.9. The molecule has 0 fully saturated rings. The molecule has 0 saturated heterocycles. The van der Waals surface area contributed by atoms with Crippen molar-refractivity contribution in [2.45, 2.75) is 39.3 Å². The third-order valence-electron chi connectivity index (χ3n) is 4.42. The number of nitrogens with zero attached hydrogens (tertiary/aromatic N) is 1. The molecule has 2 aromatic rings. The lowest BCUT2D eigenvalue weighted by Crippen LogP contribution is -2.49. The highest BCUT2D eigenvalue weighted by Crippen LogP contribution is 2.18. The highest BCUT2D eigenvalue weighted by atomic mass is 35.5. The van der Waals surface area contributed by atoms with E-state index in [0.717, 1.165) is 18.4 Å². The van der Waals surface area contributed by atoms with E-state index in [-0.39, 0.29) is 30.8 Å². The SMILES string of the molecule is CCCCNC(=O)[C@H](C)N(Cc1ccc(F)cc1)C(=O)COc1cccc(Cl)c1. The average molecular weight is 421 g/mol. The molecule has 7 heteroatoms. The van der Waals surface area contributed by atoms with E-state index in [0.29, 0.717) is 17.3 Å². The molecule has 0 aliphatic rings. The van der Waals surface area contributed by atoms with Crippen LogP contribution in [-0.2, 0) is 16.1 Å². The number of nitrogens with one attached hydrogen (secondary N) is 1. The second kappa shape index (κ2) is 11.4. The van der Waals surface area contributed by atoms with E-state index in [2.05, 4.69) is 5.32 Å². The molecule has 0 radical (unpaired) electrons. The summed E-state index contributed by atoms with van der Waals surface area (Å²) in [5.41, 5.74) is 0.718. The van der Waals surface area contributed by atoms with E-state index < -0.39 is 6.04 Å². The molecule has 1 N–H and O–H groups in total. The van der Waals surface area contributed by atoms with Crippen molar-refractivity contribution in [1.82, 2.24) is 10.2 Å². The van der Waals surface area contributed by atoms with Gasteiger partial charge in [0, 0.05) is 18.1 Å². The molecule has 0 heterocycles. The molecule has 0 aromatic heterocycles. The van der Waals surface area contributed by atoms with Crippen molar-refractivity contribution in [3.8, 4) is 5.75 Å². The van der Waals surface area contributed by atoms with Gasteiger partial charge in [0.05, 0.1) is 0 Å². The van der Waals surface area contributed by atoms with Crippen LogP contribution in [0.3, 0.4) is 0 Å². The second-order valence-electron chi connectivity index (χ2n) is 6.71. The molecule has 0 aliphatic heterocycles. The van der Waals surface area contributed by atoms with Gasteiger partial charge in [-0.25, -0.2) is 4.39 Å². The quantitative estimate of drug-likeness (QED) is 0.586. The molecular formula is C22H26ClFN2O3. The number of ether oxygens (including phenoxy) is 1. The van der Waals surface area contributed by atoms with Crippen molar-refractivity contribution in [3.63, 3.8) is 0 Å². The molecular weight excluding hydrogens is 395 g/mol. The molecule has 156 valence electrons. The summed E-state index contributed by atoms with van der Waals surface area (Å²) in [6, 6.07) is 11.9. The predicted octanol–water partition coefficient (Wildman–Crippen LogP) is 4.19. The molecule has 0 spiro atoms. The van der Waals surface area contributed by atoms with E-state index in [4.69, 9.17) is 16.3 Å². The number of amides is 2. The number of benzene rings is 2. The fraction of sp³-hybridized carbons (Fsp3) is 0.364. The van der Waals surface area contributed by atoms with Crippen LogP contribution in [0.5, 0.6) is 5.75 Å². The van der Waals surface area contributed by atoms with E-state index in [1.165, 1.54) is 17.0 Å². The molecule has 29 heavy (non-hydrogen) atoms. The third-order valence-corrected chi connectivity index (χ3v) is 4.66. The molecule has 0 saturated carbocycles. The Kier molecular flexibility index (Phi) is 8.93. The molecule has 0 unspecified atom stereocenters. The van der Waals surface area contributed by atoms with E-state index in [9.17, 15) is 14.0 Å². The smallest absolute Gasteiger partial charge is 0.261 e. The Morgan fingerprint density at radius 1 is 1.21 bits per heavy atom. The van der Waals surface area contributed by atoms with Crippen LogP contribution in [0, 0.1) is 5.82 Å². The van der Waals surface area contributed by atoms with Gasteiger partial charge >= 0.3 is 0 Å². The fourth-order valence-electron chi connectivity index (χ4n) is 2.69. The Hall–Kier alpha value is -2.60. The Morgan fingerprint density at radius 2 is 1.93 bits per heavy atom. The van der Waals surface area contributed by atoms with Crippen LogP contribution in [0.1, 0.15) is 32.3 Å². The summed E-state index contributed by atoms with van der Waals surface area (Å²) in [7, 11) is 0. The van der Waals surface area contributed by atoms with Crippen LogP contribution < -0.4 is 10.1 Å². The van der Waals surface area contributed by atoms with E-state index >= 15 is 0 Å². The zero-order chi connectivity index (χ0) is 21.2. The van der Waals surface area contributed by atoms with Crippen LogP contribution in [0.15, 0.2) is 48.5 Å². The molecule has 2 aromatic carbocycles. The lowest BCUT2D eigenvalue weighted by molar-refractivity contribution is -0.142. The molecule has 2 rings (SSSR count). The van der Waals surface area contributed by atoms with Gasteiger partial charge in [-0.2, -0.15) is 0 Å². The summed E-state index contributed by atoms with van der Waals surface area (Å²) < 4.78 is 18.8. The lowest BCUT2D eigenvalue weighted by Gasteiger charge is -2.28. The summed E-state index contributed by atoms with van der Waals surface area (Å²) in [6.45, 7) is 4.18. The number of carbonyl (C=O) groups is 2. The zero-order valence-corrected chi connectivity index (χ0v) is 17.4. The van der Waals surface area contributed by atoms with Gasteiger partial charge in [0.25, 0.3) is 5.91 Å². The Morgan fingerprint density at radius 3 is 2.59 bits per heavy atom. The van der Waals surface area contributed by atoms with Crippen molar-refractivity contribution in [1.29, 1.82) is 0 Å². The summed E-state index contributed by atoms with van der Waals surface area (Å²) in [5.74, 6) is -0.488. The molecule has 1 atom stereocenters. The Balaban J connectivity index is 2.10. The highest BCUT2D eigenvalue weighted by molar-refractivity contribution is 6.30. The van der Waals surface area contributed by atoms with Crippen molar-refractivity contribution < 1.29 is 18.7 Å². The fourth-order valence-corrected chi connectivity index (χ4v) is 2.87. The zero-order valence-electron chi connectivity index (χ0n) is 16.7. The second-order valence-corrected chi connectivity index (χ2v) is 7.15. The topological polar surface area (TPSA) is 58.6 Å². The maximum atomic E-state index is 13.2. The summed E-state index contributed by atoms with van der Waals surface area (Å²) in [5, 5.41) is 3.35. The number of carbonyl (C=O) groups excluding carboxylic acids is 2. The summed E-state index contributed by atoms with van der Waals surface area (Å²) >= 11 is 5.94. The van der Waals surface area contributed by atoms with Crippen LogP contribution in [0.2, 0.25) is 5.02 Å². The lowest BCUT2D eigenvalue weighted by atomic mass is 10.1. The van der Waals surface area contributed by atoms with Crippen molar-refractivity contribution >= 4 is 23.4 Å². The molecule has 5 nitrogen and oxygen atoms in total. The van der Waals surface area contributed by atoms with Gasteiger partial charge in [-0.1, -0.05) is 43.1 Å². The summed E-state index contributed by atoms with van der Waals surface area (Å²) in [6.07, 6.45) is 1.82. The number of rotatable bonds is 10. The molecule has 0 bridgehead atoms. The molecule has 0 aliphatic carbocycles. The van der Waals surface area contributed by atoms with Crippen LogP contribution in [0.25, 0.3) is 0 Å². The van der Waals surface area contributed by atoms with Crippen molar-refractivity contribution in [2.75, 3.05) is 13.2 Å². The minimum atomic E-state index is -0.702. The van der Waals surface area contributed by atoms with Gasteiger partial charge < -0.3 is 15.0 Å². The maximum Gasteiger partial charge on any atom is 0.261 e. The largest absolute Gasteiger partial charge is 0.484 e. The minimum Gasteiger partial charge on any atom is -0.484 e. The van der Waals surface area contributed by atoms with Crippen LogP contribution in [0.4, 0.5) is 4.39 Å². The van der Waals surface area contributed by atoms with Gasteiger partial charge in [-0.15, -0.1) is 0 Å². The van der Waals surface area contributed by atoms with E-state index in [1.54, 1.807) is 43.3 Å². The Bertz CT molecular complexity index is 814. The molecule has 2 amide bonds. The predicted molar refractivity (Wildman–Crippen MR) is 111 cm³/mol. The number of unbranched alkanes of at least 4 members (excludes halogenated alkanes) is 1. The average Bonchev–Trinajstić information content (AvgIpc) is 2.71. The monoisotopic (exact) mass is 420 g/mol. The van der Waals surface area contributed by atoms with Crippen LogP contribution >= 0.6 is 11.6 Å². The van der Waals surface area contributed by atoms with Crippen LogP contribution in [-0.4, -0.2) is 35.9 Å². The van der Waals surface area contributed by atoms with Gasteiger partial charge in [-0.05, 0) is 49.2 Å². The normalized spacial score (nSPS) is 11.6. The van der Waals surface area contributed by atoms with Gasteiger partial charge in [-0.3, -0.25) is 9.59 Å². The van der Waals surface area contributed by atoms with E-state index in [1.807, 2.05) is 6.92 Å². The standard InChI is InChI=1S/C22H26ClFN2O3/c1-3-4-12-25-22(28)16(2)26(14-17-8-10-19(24)11-9-17)21(27)15-29-20-7-5-6-18(23)13-20/h5-11,13,16H,3-4,12,14-15H2,1-2H3,(H,25,28)/t16-/m0/s1. The summed E-state index contributed by atoms with van der Waals surface area (Å²) in [4.78, 5) is 26.8. The van der Waals surface area contributed by atoms with Gasteiger partial charge in [0.2, 0.25) is 5.91 Å². The first-order valence-electron chi connectivity index (χ1n) is 9.60. The first kappa shape index (κ1) is 22.7.